The number of methoxy groups -OCH3 is 2. The van der Waals surface area contributed by atoms with Crippen LogP contribution < -0.4 is 0 Å². The summed E-state index contributed by atoms with van der Waals surface area (Å²) in [5.74, 6) is 0.886. The summed E-state index contributed by atoms with van der Waals surface area (Å²) < 4.78 is 11.0. The molecule has 0 radical (unpaired) electrons. The monoisotopic (exact) mass is 308 g/mol. The van der Waals surface area contributed by atoms with E-state index in [1.165, 1.54) is 16.5 Å². The van der Waals surface area contributed by atoms with Crippen molar-refractivity contribution in [2.45, 2.75) is 36.9 Å². The highest BCUT2D eigenvalue weighted by Crippen LogP contribution is 2.22. The summed E-state index contributed by atoms with van der Waals surface area (Å²) in [6.45, 7) is 2.09. The minimum Gasteiger partial charge on any atom is -0.381 e. The van der Waals surface area contributed by atoms with Crippen LogP contribution in [0.3, 0.4) is 0 Å². The number of ether oxygens (including phenoxy) is 2. The first-order chi connectivity index (χ1) is 10.2. The van der Waals surface area contributed by atoms with Crippen LogP contribution in [0.5, 0.6) is 0 Å². The number of hydrogen-bond acceptors (Lipinski definition) is 4. The summed E-state index contributed by atoms with van der Waals surface area (Å²) in [4.78, 5) is 11.5. The van der Waals surface area contributed by atoms with Gasteiger partial charge in [0.05, 0.1) is 12.2 Å². The molecule has 0 heterocycles. The summed E-state index contributed by atoms with van der Waals surface area (Å²) in [5.41, 5.74) is 1.27. The summed E-state index contributed by atoms with van der Waals surface area (Å²) in [6, 6.07) is 8.50. The van der Waals surface area contributed by atoms with E-state index in [-0.39, 0.29) is 12.2 Å². The third-order valence-corrected chi connectivity index (χ3v) is 4.41. The molecule has 4 heteroatoms. The van der Waals surface area contributed by atoms with Crippen LogP contribution in [0.4, 0.5) is 0 Å². The first-order valence-electron chi connectivity index (χ1n) is 7.05. The van der Waals surface area contributed by atoms with Gasteiger partial charge in [-0.15, -0.1) is 11.8 Å². The lowest BCUT2D eigenvalue weighted by atomic mass is 10.1. The van der Waals surface area contributed by atoms with Gasteiger partial charge in [-0.3, -0.25) is 4.79 Å². The Balaban J connectivity index is 2.43. The summed E-state index contributed by atoms with van der Waals surface area (Å²) in [5, 5.41) is 0. The molecule has 3 nitrogen and oxygen atoms in total. The highest BCUT2D eigenvalue weighted by Gasteiger charge is 2.15. The average Bonchev–Trinajstić information content (AvgIpc) is 2.51. The van der Waals surface area contributed by atoms with Crippen molar-refractivity contribution in [3.05, 3.63) is 42.0 Å². The standard InChI is InChI=1S/C17H24O3S/c1-14-7-9-17(10-8-14)21-13-16(20-3)12-15(19-2)6-4-5-11-18/h4-5,7-11,15-16H,6,12-13H2,1-3H3/b5-4+. The third-order valence-electron chi connectivity index (χ3n) is 3.26. The van der Waals surface area contributed by atoms with Gasteiger partial charge in [0.25, 0.3) is 0 Å². The molecule has 0 aromatic heterocycles. The Hall–Kier alpha value is -1.10. The van der Waals surface area contributed by atoms with E-state index < -0.39 is 0 Å². The molecule has 0 aliphatic heterocycles. The molecule has 1 rings (SSSR count). The van der Waals surface area contributed by atoms with Gasteiger partial charge in [-0.1, -0.05) is 23.8 Å². The lowest BCUT2D eigenvalue weighted by Crippen LogP contribution is -2.23. The molecule has 1 aromatic rings. The zero-order valence-corrected chi connectivity index (χ0v) is 13.8. The SMILES string of the molecule is COC(C/C=C/C=O)CC(CSc1ccc(C)cc1)OC. The minimum absolute atomic E-state index is 0.0739. The van der Waals surface area contributed by atoms with Gasteiger partial charge in [-0.25, -0.2) is 0 Å². The molecule has 0 aliphatic carbocycles. The first-order valence-corrected chi connectivity index (χ1v) is 8.03. The van der Waals surface area contributed by atoms with Crippen LogP contribution in [0.15, 0.2) is 41.3 Å². The summed E-state index contributed by atoms with van der Waals surface area (Å²) >= 11 is 1.79. The van der Waals surface area contributed by atoms with E-state index in [4.69, 9.17) is 9.47 Å². The average molecular weight is 308 g/mol. The van der Waals surface area contributed by atoms with Gasteiger partial charge in [0.15, 0.2) is 0 Å². The maximum absolute atomic E-state index is 10.3. The number of rotatable bonds is 10. The number of benzene rings is 1. The Bertz CT molecular complexity index is 428. The lowest BCUT2D eigenvalue weighted by molar-refractivity contribution is -0.104. The molecule has 0 aliphatic rings. The van der Waals surface area contributed by atoms with Gasteiger partial charge in [-0.2, -0.15) is 0 Å². The molecule has 0 bridgehead atoms. The number of carbonyl (C=O) groups excluding carboxylic acids is 1. The molecule has 21 heavy (non-hydrogen) atoms. The predicted octanol–water partition coefficient (Wildman–Crippen LogP) is 3.65. The van der Waals surface area contributed by atoms with Crippen molar-refractivity contribution in [3.63, 3.8) is 0 Å². The Labute approximate surface area is 131 Å². The third kappa shape index (κ3) is 7.46. The normalized spacial score (nSPS) is 14.2. The molecule has 0 N–H and O–H groups in total. The van der Waals surface area contributed by atoms with Crippen LogP contribution >= 0.6 is 11.8 Å². The van der Waals surface area contributed by atoms with Crippen molar-refractivity contribution in [2.24, 2.45) is 0 Å². The van der Waals surface area contributed by atoms with Crippen LogP contribution in [-0.2, 0) is 14.3 Å². The van der Waals surface area contributed by atoms with Gasteiger partial charge in [-0.05, 0) is 31.6 Å². The first kappa shape index (κ1) is 18.0. The van der Waals surface area contributed by atoms with Crippen molar-refractivity contribution >= 4 is 18.0 Å². The molecule has 0 saturated carbocycles. The van der Waals surface area contributed by atoms with Gasteiger partial charge >= 0.3 is 0 Å². The van der Waals surface area contributed by atoms with Gasteiger partial charge < -0.3 is 9.47 Å². The van der Waals surface area contributed by atoms with E-state index in [2.05, 4.69) is 31.2 Å². The second-order valence-corrected chi connectivity index (χ2v) is 5.97. The fourth-order valence-corrected chi connectivity index (χ4v) is 2.90. The zero-order chi connectivity index (χ0) is 15.5. The van der Waals surface area contributed by atoms with E-state index in [0.29, 0.717) is 0 Å². The molecule has 2 unspecified atom stereocenters. The maximum Gasteiger partial charge on any atom is 0.142 e. The van der Waals surface area contributed by atoms with E-state index in [1.54, 1.807) is 26.0 Å². The number of carbonyl (C=O) groups is 1. The van der Waals surface area contributed by atoms with Gasteiger partial charge in [0.1, 0.15) is 6.29 Å². The molecule has 0 amide bonds. The number of aryl methyl sites for hydroxylation is 1. The quantitative estimate of drug-likeness (QED) is 0.375. The molecule has 0 saturated heterocycles. The Morgan fingerprint density at radius 2 is 1.81 bits per heavy atom. The molecule has 116 valence electrons. The summed E-state index contributed by atoms with van der Waals surface area (Å²) in [7, 11) is 3.42. The van der Waals surface area contributed by atoms with Crippen molar-refractivity contribution in [2.75, 3.05) is 20.0 Å². The highest BCUT2D eigenvalue weighted by atomic mass is 32.2. The van der Waals surface area contributed by atoms with Gasteiger partial charge in [0.2, 0.25) is 0 Å². The molecule has 0 fully saturated rings. The molecular weight excluding hydrogens is 284 g/mol. The van der Waals surface area contributed by atoms with E-state index in [9.17, 15) is 4.79 Å². The Morgan fingerprint density at radius 1 is 1.14 bits per heavy atom. The molecule has 2 atom stereocenters. The number of allylic oxidation sites excluding steroid dienone is 1. The zero-order valence-electron chi connectivity index (χ0n) is 13.0. The van der Waals surface area contributed by atoms with E-state index in [0.717, 1.165) is 24.9 Å². The van der Waals surface area contributed by atoms with Crippen LogP contribution in [0.25, 0.3) is 0 Å². The number of aldehydes is 1. The van der Waals surface area contributed by atoms with Crippen LogP contribution in [-0.4, -0.2) is 38.5 Å². The summed E-state index contributed by atoms with van der Waals surface area (Å²) in [6.07, 6.45) is 5.87. The van der Waals surface area contributed by atoms with Crippen LogP contribution in [0.2, 0.25) is 0 Å². The Morgan fingerprint density at radius 3 is 2.38 bits per heavy atom. The van der Waals surface area contributed by atoms with Crippen LogP contribution in [0.1, 0.15) is 18.4 Å². The topological polar surface area (TPSA) is 35.5 Å². The second kappa shape index (κ2) is 10.6. The predicted molar refractivity (Wildman–Crippen MR) is 87.9 cm³/mol. The molecule has 1 aromatic carbocycles. The molecule has 0 spiro atoms. The van der Waals surface area contributed by atoms with Gasteiger partial charge in [0, 0.05) is 31.3 Å². The largest absolute Gasteiger partial charge is 0.381 e. The van der Waals surface area contributed by atoms with Crippen molar-refractivity contribution in [1.29, 1.82) is 0 Å². The number of hydrogen-bond donors (Lipinski definition) is 0. The number of thioether (sulfide) groups is 1. The fourth-order valence-electron chi connectivity index (χ4n) is 1.92. The van der Waals surface area contributed by atoms with Crippen molar-refractivity contribution in [1.82, 2.24) is 0 Å². The highest BCUT2D eigenvalue weighted by molar-refractivity contribution is 7.99. The lowest BCUT2D eigenvalue weighted by Gasteiger charge is -2.20. The Kier molecular flexibility index (Phi) is 9.06. The van der Waals surface area contributed by atoms with E-state index in [1.807, 2.05) is 6.08 Å². The molecular formula is C17H24O3S. The van der Waals surface area contributed by atoms with E-state index >= 15 is 0 Å². The van der Waals surface area contributed by atoms with Crippen molar-refractivity contribution < 1.29 is 14.3 Å². The second-order valence-electron chi connectivity index (χ2n) is 4.88. The fraction of sp³-hybridized carbons (Fsp3) is 0.471. The minimum atomic E-state index is 0.0739. The van der Waals surface area contributed by atoms with Crippen LogP contribution in [0, 0.1) is 6.92 Å². The smallest absolute Gasteiger partial charge is 0.142 e. The maximum atomic E-state index is 10.3. The van der Waals surface area contributed by atoms with Crippen molar-refractivity contribution in [3.8, 4) is 0 Å².